The van der Waals surface area contributed by atoms with Crippen LogP contribution in [0.3, 0.4) is 0 Å². The van der Waals surface area contributed by atoms with E-state index in [0.717, 1.165) is 16.5 Å². The number of hydrogen-bond donors (Lipinski definition) is 4. The van der Waals surface area contributed by atoms with Gasteiger partial charge in [-0.25, -0.2) is 4.21 Å². The highest BCUT2D eigenvalue weighted by Crippen LogP contribution is 2.36. The molecule has 5 aromatic rings. The Bertz CT molecular complexity index is 1730. The van der Waals surface area contributed by atoms with Crippen molar-refractivity contribution in [1.29, 1.82) is 0 Å². The molecule has 0 aliphatic carbocycles. The zero-order valence-electron chi connectivity index (χ0n) is 19.4. The molecule has 0 aliphatic rings. The highest BCUT2D eigenvalue weighted by molar-refractivity contribution is 7.86. The lowest BCUT2D eigenvalue weighted by molar-refractivity contribution is 0.403. The van der Waals surface area contributed by atoms with Gasteiger partial charge in [0.1, 0.15) is 5.58 Å². The fourth-order valence-electron chi connectivity index (χ4n) is 4.09. The number of nitrogens with zero attached hydrogens (tertiary/aromatic N) is 1. The van der Waals surface area contributed by atoms with Gasteiger partial charge in [0.2, 0.25) is 11.2 Å². The maximum Gasteiger partial charge on any atom is 0.235 e. The molecule has 1 heterocycles. The number of benzene rings is 4. The molecule has 1 aromatic heterocycles. The van der Waals surface area contributed by atoms with Crippen LogP contribution in [0.1, 0.15) is 0 Å². The summed E-state index contributed by atoms with van der Waals surface area (Å²) in [6.07, 6.45) is 0. The van der Waals surface area contributed by atoms with Gasteiger partial charge in [-0.3, -0.25) is 4.79 Å². The number of hydrogen-bond acceptors (Lipinski definition) is 7. The summed E-state index contributed by atoms with van der Waals surface area (Å²) in [5.74, 6) is -1.53. The Morgan fingerprint density at radius 2 is 1.58 bits per heavy atom. The maximum atomic E-state index is 13.3. The highest BCUT2D eigenvalue weighted by Gasteiger charge is 2.18. The monoisotopic (exact) mass is 502 g/mol. The Morgan fingerprint density at radius 3 is 2.33 bits per heavy atom. The fourth-order valence-corrected chi connectivity index (χ4v) is 5.12. The molecule has 4 N–H and O–H groups in total. The summed E-state index contributed by atoms with van der Waals surface area (Å²) in [5.41, 5.74) is 1.14. The lowest BCUT2D eigenvalue weighted by atomic mass is 10.1. The molecule has 5 rings (SSSR count). The van der Waals surface area contributed by atoms with Gasteiger partial charge in [-0.2, -0.15) is 0 Å². The van der Waals surface area contributed by atoms with Crippen molar-refractivity contribution in [2.75, 3.05) is 23.7 Å². The molecule has 9 heteroatoms. The molecule has 0 radical (unpaired) electrons. The van der Waals surface area contributed by atoms with Gasteiger partial charge in [0, 0.05) is 41.8 Å². The molecular weight excluding hydrogens is 480 g/mol. The second kappa shape index (κ2) is 8.94. The molecule has 0 saturated heterocycles. The van der Waals surface area contributed by atoms with Gasteiger partial charge in [-0.1, -0.05) is 24.3 Å². The van der Waals surface area contributed by atoms with Gasteiger partial charge < -0.3 is 29.4 Å². The van der Waals surface area contributed by atoms with Crippen LogP contribution in [0.5, 0.6) is 17.2 Å². The van der Waals surface area contributed by atoms with E-state index in [1.807, 2.05) is 49.3 Å². The van der Waals surface area contributed by atoms with Crippen LogP contribution in [0, 0.1) is 0 Å². The summed E-state index contributed by atoms with van der Waals surface area (Å²) in [6.45, 7) is 0. The Kier molecular flexibility index (Phi) is 5.77. The molecule has 1 atom stereocenters. The highest BCUT2D eigenvalue weighted by atomic mass is 32.2. The molecule has 8 nitrogen and oxygen atoms in total. The van der Waals surface area contributed by atoms with Gasteiger partial charge in [-0.05, 0) is 48.5 Å². The molecule has 0 bridgehead atoms. The van der Waals surface area contributed by atoms with Gasteiger partial charge in [0.15, 0.2) is 28.2 Å². The Hall–Kier alpha value is -4.50. The van der Waals surface area contributed by atoms with Gasteiger partial charge in [0.05, 0.1) is 10.3 Å². The number of phenolic OH excluding ortho intramolecular Hbond substituents is 2. The van der Waals surface area contributed by atoms with E-state index in [1.165, 1.54) is 30.3 Å². The second-order valence-corrected chi connectivity index (χ2v) is 9.60. The number of aromatic hydroxyl groups is 3. The summed E-state index contributed by atoms with van der Waals surface area (Å²) in [6, 6.07) is 19.9. The van der Waals surface area contributed by atoms with Crippen molar-refractivity contribution in [3.63, 3.8) is 0 Å². The van der Waals surface area contributed by atoms with Crippen LogP contribution in [-0.4, -0.2) is 33.6 Å². The summed E-state index contributed by atoms with van der Waals surface area (Å²) >= 11 is 0. The number of phenols is 2. The third kappa shape index (κ3) is 3.99. The molecule has 0 fully saturated rings. The topological polar surface area (TPSA) is 123 Å². The summed E-state index contributed by atoms with van der Waals surface area (Å²) < 4.78 is 22.0. The predicted octanol–water partition coefficient (Wildman–Crippen LogP) is 4.93. The van der Waals surface area contributed by atoms with Crippen LogP contribution in [-0.2, 0) is 11.0 Å². The van der Waals surface area contributed by atoms with Crippen molar-refractivity contribution in [1.82, 2.24) is 0 Å². The largest absolute Gasteiger partial charge is 0.504 e. The Balaban J connectivity index is 1.52. The molecule has 0 aliphatic heterocycles. The molecule has 0 spiro atoms. The summed E-state index contributed by atoms with van der Waals surface area (Å²) in [5, 5.41) is 31.7. The molecule has 1 unspecified atom stereocenters. The van der Waals surface area contributed by atoms with E-state index in [-0.39, 0.29) is 28.0 Å². The van der Waals surface area contributed by atoms with Crippen molar-refractivity contribution < 1.29 is 23.9 Å². The zero-order chi connectivity index (χ0) is 25.6. The van der Waals surface area contributed by atoms with Gasteiger partial charge in [-0.15, -0.1) is 0 Å². The van der Waals surface area contributed by atoms with E-state index in [9.17, 15) is 24.3 Å². The SMILES string of the molecule is CN(C)c1cccc2c(S(=O)Nc3ccc4oc(-c5ccc(O)c(O)c5)c(O)c(=O)c4c3)cccc12. The quantitative estimate of drug-likeness (QED) is 0.251. The fraction of sp³-hybridized carbons (Fsp3) is 0.0741. The van der Waals surface area contributed by atoms with Crippen molar-refractivity contribution in [3.8, 4) is 28.6 Å². The van der Waals surface area contributed by atoms with Crippen LogP contribution in [0.2, 0.25) is 0 Å². The average Bonchev–Trinajstić information content (AvgIpc) is 2.87. The Labute approximate surface area is 208 Å². The first-order chi connectivity index (χ1) is 17.2. The standard InChI is InChI=1S/C27H22N2O6S/c1-29(2)20-7-3-6-18-17(20)5-4-8-24(18)36(34)28-16-10-12-23-19(14-16)25(32)26(33)27(35-23)15-9-11-21(30)22(31)13-15/h3-14,28,30-31,33H,1-2H3. The van der Waals surface area contributed by atoms with Gasteiger partial charge >= 0.3 is 0 Å². The number of nitrogens with one attached hydrogen (secondary N) is 1. The first-order valence-electron chi connectivity index (χ1n) is 10.9. The number of anilines is 2. The van der Waals surface area contributed by atoms with E-state index in [0.29, 0.717) is 10.6 Å². The number of rotatable bonds is 5. The minimum absolute atomic E-state index is 0.0917. The molecule has 0 saturated carbocycles. The van der Waals surface area contributed by atoms with Crippen molar-refractivity contribution in [2.45, 2.75) is 4.90 Å². The zero-order valence-corrected chi connectivity index (χ0v) is 20.2. The van der Waals surface area contributed by atoms with E-state index < -0.39 is 27.9 Å². The van der Waals surface area contributed by atoms with Crippen LogP contribution in [0.25, 0.3) is 33.1 Å². The van der Waals surface area contributed by atoms with Crippen molar-refractivity contribution in [2.24, 2.45) is 0 Å². The van der Waals surface area contributed by atoms with E-state index in [4.69, 9.17) is 4.42 Å². The predicted molar refractivity (Wildman–Crippen MR) is 141 cm³/mol. The first-order valence-corrected chi connectivity index (χ1v) is 12.1. The van der Waals surface area contributed by atoms with Crippen molar-refractivity contribution >= 4 is 44.1 Å². The van der Waals surface area contributed by atoms with Gasteiger partial charge in [0.25, 0.3) is 0 Å². The van der Waals surface area contributed by atoms with Crippen LogP contribution < -0.4 is 15.1 Å². The molecule has 4 aromatic carbocycles. The molecule has 36 heavy (non-hydrogen) atoms. The van der Waals surface area contributed by atoms with Crippen LogP contribution in [0.4, 0.5) is 11.4 Å². The minimum Gasteiger partial charge on any atom is -0.504 e. The lowest BCUT2D eigenvalue weighted by Crippen LogP contribution is -2.10. The molecule has 0 amide bonds. The second-order valence-electron chi connectivity index (χ2n) is 8.42. The van der Waals surface area contributed by atoms with Crippen LogP contribution in [0.15, 0.2) is 86.9 Å². The molecular formula is C27H22N2O6S. The summed E-state index contributed by atoms with van der Waals surface area (Å²) in [4.78, 5) is 15.5. The van der Waals surface area contributed by atoms with Crippen LogP contribution >= 0.6 is 0 Å². The third-order valence-corrected chi connectivity index (χ3v) is 7.03. The first kappa shape index (κ1) is 23.3. The summed E-state index contributed by atoms with van der Waals surface area (Å²) in [7, 11) is 2.25. The maximum absolute atomic E-state index is 13.3. The Morgan fingerprint density at radius 1 is 0.833 bits per heavy atom. The van der Waals surface area contributed by atoms with E-state index in [2.05, 4.69) is 4.72 Å². The molecule has 182 valence electrons. The van der Waals surface area contributed by atoms with Crippen molar-refractivity contribution in [3.05, 3.63) is 83.0 Å². The average molecular weight is 503 g/mol. The third-order valence-electron chi connectivity index (χ3n) is 5.86. The lowest BCUT2D eigenvalue weighted by Gasteiger charge is -2.17. The van der Waals surface area contributed by atoms with E-state index in [1.54, 1.807) is 12.1 Å². The normalized spacial score (nSPS) is 12.1. The van der Waals surface area contributed by atoms with E-state index >= 15 is 0 Å². The minimum atomic E-state index is -1.64. The smallest absolute Gasteiger partial charge is 0.235 e. The number of fused-ring (bicyclic) bond motifs is 2.